The molecular formula is C23H21N5O3. The van der Waals surface area contributed by atoms with Gasteiger partial charge >= 0.3 is 0 Å². The predicted octanol–water partition coefficient (Wildman–Crippen LogP) is 3.67. The summed E-state index contributed by atoms with van der Waals surface area (Å²) in [7, 11) is 0. The van der Waals surface area contributed by atoms with Crippen molar-refractivity contribution in [2.75, 3.05) is 18.4 Å². The third-order valence-corrected chi connectivity index (χ3v) is 5.21. The van der Waals surface area contributed by atoms with Gasteiger partial charge in [-0.1, -0.05) is 6.07 Å². The Morgan fingerprint density at radius 1 is 1.06 bits per heavy atom. The zero-order valence-electron chi connectivity index (χ0n) is 16.7. The first-order valence-corrected chi connectivity index (χ1v) is 10.2. The smallest absolute Gasteiger partial charge is 0.256 e. The molecule has 0 aliphatic carbocycles. The number of aromatic nitrogens is 3. The summed E-state index contributed by atoms with van der Waals surface area (Å²) >= 11 is 0. The zero-order valence-corrected chi connectivity index (χ0v) is 16.7. The molecule has 8 nitrogen and oxygen atoms in total. The van der Waals surface area contributed by atoms with Crippen molar-refractivity contribution in [2.45, 2.75) is 18.9 Å². The summed E-state index contributed by atoms with van der Waals surface area (Å²) in [6.45, 7) is 1.90. The number of fused-ring (bicyclic) bond motifs is 1. The number of hydrogen-bond donors (Lipinski definition) is 2. The topological polar surface area (TPSA) is 102 Å². The number of benzene rings is 1. The number of pyridine rings is 2. The Bertz CT molecular complexity index is 1200. The van der Waals surface area contributed by atoms with Gasteiger partial charge in [0.15, 0.2) is 12.2 Å². The largest absolute Gasteiger partial charge is 0.490 e. The van der Waals surface area contributed by atoms with Gasteiger partial charge in [0.2, 0.25) is 0 Å². The van der Waals surface area contributed by atoms with Crippen molar-refractivity contribution in [1.82, 2.24) is 20.3 Å². The highest BCUT2D eigenvalue weighted by Gasteiger charge is 2.16. The van der Waals surface area contributed by atoms with E-state index in [9.17, 15) is 4.79 Å². The lowest BCUT2D eigenvalue weighted by atomic mass is 10.1. The number of piperidine rings is 1. The van der Waals surface area contributed by atoms with Crippen LogP contribution in [0.5, 0.6) is 5.75 Å². The summed E-state index contributed by atoms with van der Waals surface area (Å²) in [6.07, 6.45) is 8.46. The third-order valence-electron chi connectivity index (χ3n) is 5.21. The van der Waals surface area contributed by atoms with E-state index in [4.69, 9.17) is 9.15 Å². The molecule has 156 valence electrons. The lowest BCUT2D eigenvalue weighted by Gasteiger charge is -2.24. The van der Waals surface area contributed by atoms with Gasteiger partial charge in [0, 0.05) is 23.3 Å². The molecule has 0 radical (unpaired) electrons. The number of carbonyl (C=O) groups is 1. The van der Waals surface area contributed by atoms with Crippen LogP contribution in [0.1, 0.15) is 23.2 Å². The van der Waals surface area contributed by atoms with Crippen LogP contribution < -0.4 is 15.4 Å². The highest BCUT2D eigenvalue weighted by atomic mass is 16.5. The Balaban J connectivity index is 1.33. The average molecular weight is 415 g/mol. The van der Waals surface area contributed by atoms with Gasteiger partial charge in [0.25, 0.3) is 5.91 Å². The van der Waals surface area contributed by atoms with Crippen LogP contribution in [0.4, 0.5) is 5.82 Å². The second kappa shape index (κ2) is 8.53. The number of hydrogen-bond acceptors (Lipinski definition) is 7. The number of oxazole rings is 1. The van der Waals surface area contributed by atoms with Gasteiger partial charge in [-0.2, -0.15) is 0 Å². The molecule has 0 atom stereocenters. The molecule has 1 aromatic carbocycles. The number of rotatable bonds is 5. The normalized spacial score (nSPS) is 14.5. The van der Waals surface area contributed by atoms with E-state index in [1.165, 1.54) is 6.39 Å². The van der Waals surface area contributed by atoms with Gasteiger partial charge in [-0.15, -0.1) is 0 Å². The molecule has 1 aliphatic rings. The van der Waals surface area contributed by atoms with Crippen LogP contribution in [0.3, 0.4) is 0 Å². The number of nitrogens with one attached hydrogen (secondary N) is 2. The van der Waals surface area contributed by atoms with E-state index in [1.807, 2.05) is 24.3 Å². The molecule has 1 saturated heterocycles. The maximum atomic E-state index is 12.8. The van der Waals surface area contributed by atoms with Crippen LogP contribution in [0.15, 0.2) is 65.8 Å². The highest BCUT2D eigenvalue weighted by molar-refractivity contribution is 6.04. The van der Waals surface area contributed by atoms with Gasteiger partial charge < -0.3 is 19.8 Å². The fraction of sp³-hybridized carbons (Fsp3) is 0.217. The number of ether oxygens (including phenoxy) is 1. The Morgan fingerprint density at radius 2 is 1.94 bits per heavy atom. The SMILES string of the molecule is O=C(Nc1cc2cc(-c3cnco3)ncc2cn1)c1cccc(OC2CCNCC2)c1. The third kappa shape index (κ3) is 4.39. The zero-order chi connectivity index (χ0) is 21.0. The molecule has 4 aromatic rings. The Hall–Kier alpha value is -3.78. The van der Waals surface area contributed by atoms with Gasteiger partial charge in [0.1, 0.15) is 23.4 Å². The van der Waals surface area contributed by atoms with E-state index in [-0.39, 0.29) is 12.0 Å². The molecule has 1 amide bonds. The maximum absolute atomic E-state index is 12.8. The van der Waals surface area contributed by atoms with E-state index in [2.05, 4.69) is 25.6 Å². The minimum absolute atomic E-state index is 0.175. The fourth-order valence-corrected chi connectivity index (χ4v) is 3.59. The Labute approximate surface area is 178 Å². The van der Waals surface area contributed by atoms with Crippen LogP contribution in [-0.4, -0.2) is 40.1 Å². The second-order valence-corrected chi connectivity index (χ2v) is 7.40. The number of anilines is 1. The number of nitrogens with zero attached hydrogens (tertiary/aromatic N) is 3. The van der Waals surface area contributed by atoms with E-state index >= 15 is 0 Å². The van der Waals surface area contributed by atoms with Crippen LogP contribution in [0, 0.1) is 0 Å². The van der Waals surface area contributed by atoms with E-state index < -0.39 is 0 Å². The fourth-order valence-electron chi connectivity index (χ4n) is 3.59. The minimum Gasteiger partial charge on any atom is -0.490 e. The summed E-state index contributed by atoms with van der Waals surface area (Å²) in [4.78, 5) is 25.4. The highest BCUT2D eigenvalue weighted by Crippen LogP contribution is 2.24. The Morgan fingerprint density at radius 3 is 2.77 bits per heavy atom. The summed E-state index contributed by atoms with van der Waals surface area (Å²) < 4.78 is 11.4. The molecule has 0 bridgehead atoms. The first kappa shape index (κ1) is 19.2. The summed E-state index contributed by atoms with van der Waals surface area (Å²) in [5.74, 6) is 1.49. The lowest BCUT2D eigenvalue weighted by molar-refractivity contribution is 0.102. The predicted molar refractivity (Wildman–Crippen MR) is 116 cm³/mol. The number of amides is 1. The van der Waals surface area contributed by atoms with Crippen molar-refractivity contribution in [1.29, 1.82) is 0 Å². The molecule has 1 fully saturated rings. The minimum atomic E-state index is -0.243. The molecule has 3 aromatic heterocycles. The first-order chi connectivity index (χ1) is 15.2. The molecular weight excluding hydrogens is 394 g/mol. The van der Waals surface area contributed by atoms with Crippen LogP contribution in [0.25, 0.3) is 22.2 Å². The standard InChI is InChI=1S/C23H21N5O3/c29-23(15-2-1-3-19(8-15)31-18-4-6-24-7-5-18)28-22-10-16-9-20(21-13-25-14-30-21)26-11-17(16)12-27-22/h1-3,8-14,18,24H,4-7H2,(H,27,28,29). The van der Waals surface area contributed by atoms with Gasteiger partial charge in [-0.3, -0.25) is 9.78 Å². The van der Waals surface area contributed by atoms with Crippen LogP contribution >= 0.6 is 0 Å². The molecule has 31 heavy (non-hydrogen) atoms. The molecule has 0 saturated carbocycles. The van der Waals surface area contributed by atoms with Gasteiger partial charge in [0.05, 0.1) is 6.20 Å². The molecule has 0 unspecified atom stereocenters. The van der Waals surface area contributed by atoms with Crippen molar-refractivity contribution in [3.63, 3.8) is 0 Å². The van der Waals surface area contributed by atoms with Gasteiger partial charge in [-0.05, 0) is 61.6 Å². The quantitative estimate of drug-likeness (QED) is 0.513. The first-order valence-electron chi connectivity index (χ1n) is 10.2. The second-order valence-electron chi connectivity index (χ2n) is 7.40. The van der Waals surface area contributed by atoms with Crippen LogP contribution in [0.2, 0.25) is 0 Å². The molecule has 2 N–H and O–H groups in total. The maximum Gasteiger partial charge on any atom is 0.256 e. The molecule has 1 aliphatic heterocycles. The summed E-state index contributed by atoms with van der Waals surface area (Å²) in [6, 6.07) is 10.9. The molecule has 8 heteroatoms. The van der Waals surface area contributed by atoms with E-state index in [1.54, 1.807) is 30.7 Å². The van der Waals surface area contributed by atoms with Crippen molar-refractivity contribution < 1.29 is 13.9 Å². The Kier molecular flexibility index (Phi) is 5.28. The van der Waals surface area contributed by atoms with Crippen molar-refractivity contribution in [3.05, 3.63) is 66.9 Å². The average Bonchev–Trinajstić information content (AvgIpc) is 3.34. The van der Waals surface area contributed by atoms with E-state index in [0.717, 1.165) is 36.7 Å². The summed E-state index contributed by atoms with van der Waals surface area (Å²) in [5.41, 5.74) is 1.18. The van der Waals surface area contributed by atoms with E-state index in [0.29, 0.717) is 28.6 Å². The number of carbonyl (C=O) groups excluding carboxylic acids is 1. The van der Waals surface area contributed by atoms with Gasteiger partial charge in [-0.25, -0.2) is 9.97 Å². The molecule has 5 rings (SSSR count). The van der Waals surface area contributed by atoms with Crippen molar-refractivity contribution in [2.24, 2.45) is 0 Å². The monoisotopic (exact) mass is 415 g/mol. The summed E-state index contributed by atoms with van der Waals surface area (Å²) in [5, 5.41) is 7.93. The lowest BCUT2D eigenvalue weighted by Crippen LogP contribution is -2.34. The molecule has 4 heterocycles. The van der Waals surface area contributed by atoms with Crippen molar-refractivity contribution >= 4 is 22.5 Å². The molecule has 0 spiro atoms. The van der Waals surface area contributed by atoms with Crippen LogP contribution in [-0.2, 0) is 0 Å². The van der Waals surface area contributed by atoms with Crippen molar-refractivity contribution in [3.8, 4) is 17.2 Å².